The first-order valence-corrected chi connectivity index (χ1v) is 7.24. The molecule has 1 atom stereocenters. The van der Waals surface area contributed by atoms with Crippen molar-refractivity contribution in [3.63, 3.8) is 0 Å². The van der Waals surface area contributed by atoms with Crippen LogP contribution in [0.5, 0.6) is 0 Å². The highest BCUT2D eigenvalue weighted by atomic mass is 32.2. The summed E-state index contributed by atoms with van der Waals surface area (Å²) in [6, 6.07) is 14.4. The molecule has 0 amide bonds. The van der Waals surface area contributed by atoms with Crippen LogP contribution in [0, 0.1) is 12.7 Å². The first kappa shape index (κ1) is 14.1. The average Bonchev–Trinajstić information content (AvgIpc) is 2.41. The summed E-state index contributed by atoms with van der Waals surface area (Å²) in [5.41, 5.74) is 2.38. The number of aliphatic hydroxyl groups is 1. The molecule has 0 aliphatic heterocycles. The van der Waals surface area contributed by atoms with E-state index in [1.54, 1.807) is 23.9 Å². The van der Waals surface area contributed by atoms with Gasteiger partial charge in [0.25, 0.3) is 0 Å². The van der Waals surface area contributed by atoms with Crippen LogP contribution < -0.4 is 0 Å². The van der Waals surface area contributed by atoms with Gasteiger partial charge in [-0.3, -0.25) is 0 Å². The molecule has 0 bridgehead atoms. The van der Waals surface area contributed by atoms with Gasteiger partial charge in [-0.1, -0.05) is 24.3 Å². The fraction of sp³-hybridized carbons (Fsp3) is 0.250. The van der Waals surface area contributed by atoms with Gasteiger partial charge in [0, 0.05) is 10.6 Å². The van der Waals surface area contributed by atoms with Gasteiger partial charge in [0.05, 0.1) is 6.10 Å². The maximum absolute atomic E-state index is 12.8. The van der Waals surface area contributed by atoms with E-state index < -0.39 is 6.10 Å². The molecular formula is C16H17FOS. The van der Waals surface area contributed by atoms with Gasteiger partial charge in [-0.2, -0.15) is 0 Å². The van der Waals surface area contributed by atoms with Gasteiger partial charge in [0.2, 0.25) is 0 Å². The molecule has 1 nitrogen and oxygen atoms in total. The van der Waals surface area contributed by atoms with Crippen LogP contribution in [-0.4, -0.2) is 17.0 Å². The lowest BCUT2D eigenvalue weighted by Crippen LogP contribution is -2.14. The van der Waals surface area contributed by atoms with E-state index in [9.17, 15) is 9.50 Å². The van der Waals surface area contributed by atoms with Crippen molar-refractivity contribution in [1.82, 2.24) is 0 Å². The lowest BCUT2D eigenvalue weighted by atomic mass is 10.0. The molecule has 0 saturated heterocycles. The fourth-order valence-electron chi connectivity index (χ4n) is 1.88. The zero-order valence-electron chi connectivity index (χ0n) is 10.8. The predicted octanol–water partition coefficient (Wildman–Crippen LogP) is 3.83. The quantitative estimate of drug-likeness (QED) is 0.838. The minimum absolute atomic E-state index is 0.232. The number of rotatable bonds is 5. The topological polar surface area (TPSA) is 20.2 Å². The molecule has 1 unspecified atom stereocenters. The first-order chi connectivity index (χ1) is 9.15. The summed E-state index contributed by atoms with van der Waals surface area (Å²) in [5.74, 6) is 0.379. The number of aliphatic hydroxyl groups excluding tert-OH is 1. The normalized spacial score (nSPS) is 12.4. The summed E-state index contributed by atoms with van der Waals surface area (Å²) in [6.45, 7) is 2.05. The Hall–Kier alpha value is -1.32. The highest BCUT2D eigenvalue weighted by molar-refractivity contribution is 7.99. The highest BCUT2D eigenvalue weighted by Crippen LogP contribution is 2.20. The molecule has 0 radical (unpaired) electrons. The van der Waals surface area contributed by atoms with Crippen molar-refractivity contribution in [2.24, 2.45) is 0 Å². The number of halogens is 1. The molecule has 0 saturated carbocycles. The molecule has 2 aromatic rings. The minimum atomic E-state index is -0.392. The summed E-state index contributed by atoms with van der Waals surface area (Å²) in [6.07, 6.45) is 0.261. The van der Waals surface area contributed by atoms with E-state index >= 15 is 0 Å². The first-order valence-electron chi connectivity index (χ1n) is 6.26. The molecule has 3 heteroatoms. The molecule has 0 aliphatic carbocycles. The third-order valence-corrected chi connectivity index (χ3v) is 4.13. The SMILES string of the molecule is Cc1ccccc1CC(O)CSc1ccc(F)cc1. The summed E-state index contributed by atoms with van der Waals surface area (Å²) < 4.78 is 12.8. The molecule has 19 heavy (non-hydrogen) atoms. The highest BCUT2D eigenvalue weighted by Gasteiger charge is 2.08. The Morgan fingerprint density at radius 2 is 1.79 bits per heavy atom. The largest absolute Gasteiger partial charge is 0.392 e. The second-order valence-corrected chi connectivity index (χ2v) is 5.64. The van der Waals surface area contributed by atoms with Gasteiger partial charge < -0.3 is 5.11 Å². The maximum Gasteiger partial charge on any atom is 0.123 e. The lowest BCUT2D eigenvalue weighted by Gasteiger charge is -2.12. The molecule has 2 aromatic carbocycles. The average molecular weight is 276 g/mol. The number of hydrogen-bond donors (Lipinski definition) is 1. The molecule has 0 heterocycles. The molecule has 100 valence electrons. The molecule has 0 aromatic heterocycles. The van der Waals surface area contributed by atoms with Crippen molar-refractivity contribution in [3.05, 3.63) is 65.5 Å². The molecule has 0 aliphatic rings. The van der Waals surface area contributed by atoms with Gasteiger partial charge in [-0.15, -0.1) is 11.8 Å². The van der Waals surface area contributed by atoms with Gasteiger partial charge in [-0.25, -0.2) is 4.39 Å². The van der Waals surface area contributed by atoms with E-state index in [0.29, 0.717) is 12.2 Å². The van der Waals surface area contributed by atoms with E-state index in [2.05, 4.69) is 13.0 Å². The fourth-order valence-corrected chi connectivity index (χ4v) is 2.71. The second kappa shape index (κ2) is 6.73. The monoisotopic (exact) mass is 276 g/mol. The van der Waals surface area contributed by atoms with Crippen molar-refractivity contribution in [2.75, 3.05) is 5.75 Å². The number of hydrogen-bond acceptors (Lipinski definition) is 2. The zero-order chi connectivity index (χ0) is 13.7. The summed E-state index contributed by atoms with van der Waals surface area (Å²) in [5, 5.41) is 10.0. The van der Waals surface area contributed by atoms with Gasteiger partial charge >= 0.3 is 0 Å². The van der Waals surface area contributed by atoms with Crippen molar-refractivity contribution < 1.29 is 9.50 Å². The molecule has 0 fully saturated rings. The zero-order valence-corrected chi connectivity index (χ0v) is 11.7. The Morgan fingerprint density at radius 3 is 2.47 bits per heavy atom. The van der Waals surface area contributed by atoms with Crippen LogP contribution in [0.25, 0.3) is 0 Å². The van der Waals surface area contributed by atoms with Crippen LogP contribution >= 0.6 is 11.8 Å². The Balaban J connectivity index is 1.86. The van der Waals surface area contributed by atoms with E-state index in [0.717, 1.165) is 4.90 Å². The van der Waals surface area contributed by atoms with Crippen molar-refractivity contribution in [1.29, 1.82) is 0 Å². The van der Waals surface area contributed by atoms with Crippen LogP contribution in [0.4, 0.5) is 4.39 Å². The van der Waals surface area contributed by atoms with E-state index in [1.165, 1.54) is 23.3 Å². The number of aryl methyl sites for hydroxylation is 1. The standard InChI is InChI=1S/C16H17FOS/c1-12-4-2-3-5-13(12)10-15(18)11-19-16-8-6-14(17)7-9-16/h2-9,15,18H,10-11H2,1H3. The Kier molecular flexibility index (Phi) is 5.00. The number of thioether (sulfide) groups is 1. The summed E-state index contributed by atoms with van der Waals surface area (Å²) in [4.78, 5) is 0.977. The van der Waals surface area contributed by atoms with E-state index in [4.69, 9.17) is 0 Å². The van der Waals surface area contributed by atoms with Crippen LogP contribution in [0.15, 0.2) is 53.4 Å². The Labute approximate surface area is 117 Å². The van der Waals surface area contributed by atoms with Crippen molar-refractivity contribution >= 4 is 11.8 Å². The maximum atomic E-state index is 12.8. The number of benzene rings is 2. The smallest absolute Gasteiger partial charge is 0.123 e. The van der Waals surface area contributed by atoms with Gasteiger partial charge in [-0.05, 0) is 48.7 Å². The second-order valence-electron chi connectivity index (χ2n) is 4.55. The van der Waals surface area contributed by atoms with Gasteiger partial charge in [0.1, 0.15) is 5.82 Å². The Morgan fingerprint density at radius 1 is 1.11 bits per heavy atom. The van der Waals surface area contributed by atoms with Gasteiger partial charge in [0.15, 0.2) is 0 Å². The lowest BCUT2D eigenvalue weighted by molar-refractivity contribution is 0.200. The van der Waals surface area contributed by atoms with Crippen LogP contribution in [0.1, 0.15) is 11.1 Å². The summed E-state index contributed by atoms with van der Waals surface area (Å²) >= 11 is 1.55. The third kappa shape index (κ3) is 4.37. The Bertz CT molecular complexity index is 525. The van der Waals surface area contributed by atoms with Crippen molar-refractivity contribution in [3.8, 4) is 0 Å². The van der Waals surface area contributed by atoms with Crippen LogP contribution in [0.2, 0.25) is 0 Å². The molecular weight excluding hydrogens is 259 g/mol. The van der Waals surface area contributed by atoms with Crippen LogP contribution in [-0.2, 0) is 6.42 Å². The molecule has 2 rings (SSSR count). The molecule has 1 N–H and O–H groups in total. The molecule has 0 spiro atoms. The predicted molar refractivity (Wildman–Crippen MR) is 78.0 cm³/mol. The van der Waals surface area contributed by atoms with E-state index in [1.807, 2.05) is 18.2 Å². The van der Waals surface area contributed by atoms with Crippen molar-refractivity contribution in [2.45, 2.75) is 24.3 Å². The minimum Gasteiger partial charge on any atom is -0.392 e. The van der Waals surface area contributed by atoms with Crippen LogP contribution in [0.3, 0.4) is 0 Å². The summed E-state index contributed by atoms with van der Waals surface area (Å²) in [7, 11) is 0. The van der Waals surface area contributed by atoms with E-state index in [-0.39, 0.29) is 5.82 Å². The third-order valence-electron chi connectivity index (χ3n) is 2.97.